The van der Waals surface area contributed by atoms with Crippen LogP contribution in [-0.4, -0.2) is 21.5 Å². The second-order valence-electron chi connectivity index (χ2n) is 4.61. The SMILES string of the molecule is O=c1oc(-c2ccco2)nn1C(/C=C/c1ccccc1)CO. The van der Waals surface area contributed by atoms with E-state index in [0.717, 1.165) is 10.2 Å². The predicted molar refractivity (Wildman–Crippen MR) is 80.1 cm³/mol. The van der Waals surface area contributed by atoms with Crippen molar-refractivity contribution >= 4 is 6.08 Å². The van der Waals surface area contributed by atoms with Gasteiger partial charge in [-0.3, -0.25) is 0 Å². The molecule has 0 radical (unpaired) electrons. The fourth-order valence-corrected chi connectivity index (χ4v) is 2.00. The number of rotatable bonds is 5. The molecule has 22 heavy (non-hydrogen) atoms. The molecule has 0 bridgehead atoms. The highest BCUT2D eigenvalue weighted by Gasteiger charge is 2.17. The fourth-order valence-electron chi connectivity index (χ4n) is 2.00. The Hall–Kier alpha value is -2.86. The van der Waals surface area contributed by atoms with Gasteiger partial charge >= 0.3 is 5.76 Å². The Morgan fingerprint density at radius 2 is 2.05 bits per heavy atom. The summed E-state index contributed by atoms with van der Waals surface area (Å²) in [5.41, 5.74) is 0.962. The minimum atomic E-state index is -0.650. The van der Waals surface area contributed by atoms with Crippen molar-refractivity contribution in [1.29, 1.82) is 0 Å². The molecule has 1 atom stereocenters. The van der Waals surface area contributed by atoms with Crippen LogP contribution in [0.3, 0.4) is 0 Å². The van der Waals surface area contributed by atoms with E-state index < -0.39 is 11.8 Å². The summed E-state index contributed by atoms with van der Waals surface area (Å²) in [6, 6.07) is 12.3. The zero-order valence-electron chi connectivity index (χ0n) is 11.6. The molecule has 6 heteroatoms. The van der Waals surface area contributed by atoms with Gasteiger partial charge in [0, 0.05) is 0 Å². The standard InChI is InChI=1S/C16H14N2O4/c19-11-13(9-8-12-5-2-1-3-6-12)18-16(20)22-15(17-18)14-7-4-10-21-14/h1-10,13,19H,11H2/b9-8+. The minimum absolute atomic E-state index is 0.0848. The van der Waals surface area contributed by atoms with Crippen molar-refractivity contribution in [2.24, 2.45) is 0 Å². The molecule has 2 aromatic heterocycles. The molecule has 1 unspecified atom stereocenters. The molecule has 0 aliphatic heterocycles. The Morgan fingerprint density at radius 1 is 1.23 bits per heavy atom. The molecular weight excluding hydrogens is 284 g/mol. The minimum Gasteiger partial charge on any atom is -0.459 e. The summed E-state index contributed by atoms with van der Waals surface area (Å²) >= 11 is 0. The quantitative estimate of drug-likeness (QED) is 0.782. The Kier molecular flexibility index (Phi) is 4.02. The number of hydrogen-bond acceptors (Lipinski definition) is 5. The second kappa shape index (κ2) is 6.28. The molecular formula is C16H14N2O4. The van der Waals surface area contributed by atoms with Gasteiger partial charge in [0.15, 0.2) is 5.76 Å². The second-order valence-corrected chi connectivity index (χ2v) is 4.61. The number of aliphatic hydroxyl groups is 1. The van der Waals surface area contributed by atoms with Gasteiger partial charge < -0.3 is 13.9 Å². The average molecular weight is 298 g/mol. The van der Waals surface area contributed by atoms with E-state index in [0.29, 0.717) is 5.76 Å². The molecule has 0 amide bonds. The summed E-state index contributed by atoms with van der Waals surface area (Å²) in [7, 11) is 0. The van der Waals surface area contributed by atoms with E-state index >= 15 is 0 Å². The maximum atomic E-state index is 11.9. The van der Waals surface area contributed by atoms with Crippen molar-refractivity contribution in [2.75, 3.05) is 6.61 Å². The van der Waals surface area contributed by atoms with Crippen LogP contribution in [0.4, 0.5) is 0 Å². The first-order chi connectivity index (χ1) is 10.8. The molecule has 6 nitrogen and oxygen atoms in total. The number of aliphatic hydroxyl groups excluding tert-OH is 1. The number of benzene rings is 1. The van der Waals surface area contributed by atoms with Gasteiger partial charge in [-0.05, 0) is 17.7 Å². The van der Waals surface area contributed by atoms with Crippen molar-refractivity contribution in [2.45, 2.75) is 6.04 Å². The van der Waals surface area contributed by atoms with Crippen molar-refractivity contribution in [3.8, 4) is 11.7 Å². The maximum Gasteiger partial charge on any atom is 0.438 e. The number of aromatic nitrogens is 2. The van der Waals surface area contributed by atoms with Crippen molar-refractivity contribution in [1.82, 2.24) is 9.78 Å². The van der Waals surface area contributed by atoms with E-state index in [9.17, 15) is 9.90 Å². The topological polar surface area (TPSA) is 81.4 Å². The zero-order chi connectivity index (χ0) is 15.4. The lowest BCUT2D eigenvalue weighted by atomic mass is 10.2. The third-order valence-electron chi connectivity index (χ3n) is 3.11. The Bertz CT molecular complexity index is 800. The number of furan rings is 1. The summed E-state index contributed by atoms with van der Waals surface area (Å²) in [6.07, 6.45) is 4.98. The van der Waals surface area contributed by atoms with Gasteiger partial charge in [-0.1, -0.05) is 42.5 Å². The number of hydrogen-bond donors (Lipinski definition) is 1. The highest BCUT2D eigenvalue weighted by atomic mass is 16.4. The molecule has 3 rings (SSSR count). The first kappa shape index (κ1) is 14.1. The molecule has 0 saturated heterocycles. The van der Waals surface area contributed by atoms with E-state index in [4.69, 9.17) is 8.83 Å². The molecule has 0 saturated carbocycles. The summed E-state index contributed by atoms with van der Waals surface area (Å²) in [5.74, 6) is -0.204. The number of nitrogens with zero attached hydrogens (tertiary/aromatic N) is 2. The van der Waals surface area contributed by atoms with E-state index in [1.54, 1.807) is 18.2 Å². The molecule has 0 fully saturated rings. The fraction of sp³-hybridized carbons (Fsp3) is 0.125. The van der Waals surface area contributed by atoms with Gasteiger partial charge in [-0.2, -0.15) is 4.68 Å². The van der Waals surface area contributed by atoms with E-state index in [2.05, 4.69) is 5.10 Å². The predicted octanol–water partition coefficient (Wildman–Crippen LogP) is 2.34. The average Bonchev–Trinajstić information content (AvgIpc) is 3.19. The lowest BCUT2D eigenvalue weighted by Crippen LogP contribution is -2.23. The van der Waals surface area contributed by atoms with Crippen LogP contribution in [0, 0.1) is 0 Å². The highest BCUT2D eigenvalue weighted by molar-refractivity contribution is 5.49. The highest BCUT2D eigenvalue weighted by Crippen LogP contribution is 2.17. The molecule has 0 aliphatic rings. The molecule has 0 spiro atoms. The normalized spacial score (nSPS) is 12.8. The summed E-state index contributed by atoms with van der Waals surface area (Å²) in [6.45, 7) is -0.270. The van der Waals surface area contributed by atoms with Gasteiger partial charge in [-0.15, -0.1) is 5.10 Å². The maximum absolute atomic E-state index is 11.9. The first-order valence-electron chi connectivity index (χ1n) is 6.75. The monoisotopic (exact) mass is 298 g/mol. The van der Waals surface area contributed by atoms with Crippen molar-refractivity contribution in [3.05, 3.63) is 70.9 Å². The third-order valence-corrected chi connectivity index (χ3v) is 3.11. The van der Waals surface area contributed by atoms with Crippen LogP contribution < -0.4 is 5.76 Å². The van der Waals surface area contributed by atoms with E-state index in [-0.39, 0.29) is 12.5 Å². The van der Waals surface area contributed by atoms with Gasteiger partial charge in [0.25, 0.3) is 5.89 Å². The van der Waals surface area contributed by atoms with Crippen LogP contribution in [0.25, 0.3) is 17.7 Å². The third kappa shape index (κ3) is 2.91. The molecule has 2 heterocycles. The van der Waals surface area contributed by atoms with Gasteiger partial charge in [0.1, 0.15) is 6.04 Å². The Balaban J connectivity index is 1.88. The largest absolute Gasteiger partial charge is 0.459 e. The lowest BCUT2D eigenvalue weighted by molar-refractivity contribution is 0.239. The summed E-state index contributed by atoms with van der Waals surface area (Å²) < 4.78 is 11.3. The Labute approximate surface area is 125 Å². The molecule has 112 valence electrons. The van der Waals surface area contributed by atoms with Crippen LogP contribution >= 0.6 is 0 Å². The smallest absolute Gasteiger partial charge is 0.438 e. The van der Waals surface area contributed by atoms with Gasteiger partial charge in [0.2, 0.25) is 0 Å². The van der Waals surface area contributed by atoms with Crippen LogP contribution in [0.5, 0.6) is 0 Å². The van der Waals surface area contributed by atoms with E-state index in [1.807, 2.05) is 36.4 Å². The summed E-state index contributed by atoms with van der Waals surface area (Å²) in [4.78, 5) is 11.9. The molecule has 1 N–H and O–H groups in total. The first-order valence-corrected chi connectivity index (χ1v) is 6.75. The van der Waals surface area contributed by atoms with Crippen LogP contribution in [0.1, 0.15) is 11.6 Å². The molecule has 1 aromatic carbocycles. The molecule has 3 aromatic rings. The van der Waals surface area contributed by atoms with Crippen LogP contribution in [-0.2, 0) is 0 Å². The van der Waals surface area contributed by atoms with Crippen LogP contribution in [0.15, 0.2) is 68.4 Å². The van der Waals surface area contributed by atoms with Gasteiger partial charge in [0.05, 0.1) is 12.9 Å². The molecule has 0 aliphatic carbocycles. The van der Waals surface area contributed by atoms with Crippen molar-refractivity contribution in [3.63, 3.8) is 0 Å². The van der Waals surface area contributed by atoms with Crippen molar-refractivity contribution < 1.29 is 13.9 Å². The van der Waals surface area contributed by atoms with Crippen LogP contribution in [0.2, 0.25) is 0 Å². The lowest BCUT2D eigenvalue weighted by Gasteiger charge is -2.06. The summed E-state index contributed by atoms with van der Waals surface area (Å²) in [5, 5.41) is 13.6. The Morgan fingerprint density at radius 3 is 2.73 bits per heavy atom. The zero-order valence-corrected chi connectivity index (χ0v) is 11.6. The van der Waals surface area contributed by atoms with E-state index in [1.165, 1.54) is 6.26 Å². The van der Waals surface area contributed by atoms with Gasteiger partial charge in [-0.25, -0.2) is 4.79 Å².